The van der Waals surface area contributed by atoms with Crippen LogP contribution in [0, 0.1) is 5.92 Å². The highest BCUT2D eigenvalue weighted by Gasteiger charge is 2.17. The summed E-state index contributed by atoms with van der Waals surface area (Å²) >= 11 is 0. The van der Waals surface area contributed by atoms with Gasteiger partial charge in [0.2, 0.25) is 11.8 Å². The molecule has 0 heterocycles. The summed E-state index contributed by atoms with van der Waals surface area (Å²) in [6.45, 7) is 6.49. The van der Waals surface area contributed by atoms with E-state index < -0.39 is 6.04 Å². The Hall–Kier alpha value is -1.96. The standard InChI is InChI=1S/C14H21N3O3.C4H11N/c1-9(2)13(15)14(20)16-7-12(19)17-11-5-3-10(8-18)4-6-11;1-2-3-4-5/h3-6,9,13,18H,7-8,15H2,1-2H3,(H,16,20)(H,17,19);2-5H2,1H3. The van der Waals surface area contributed by atoms with Gasteiger partial charge in [-0.15, -0.1) is 0 Å². The number of rotatable bonds is 8. The molecular formula is C18H32N4O3. The number of hydrogen-bond donors (Lipinski definition) is 5. The molecule has 0 aliphatic carbocycles. The SMILES string of the molecule is CC(C)C(N)C(=O)NCC(=O)Nc1ccc(CO)cc1.CCCCN. The van der Waals surface area contributed by atoms with E-state index in [1.165, 1.54) is 12.8 Å². The van der Waals surface area contributed by atoms with Crippen LogP contribution < -0.4 is 22.1 Å². The van der Waals surface area contributed by atoms with Gasteiger partial charge in [0.25, 0.3) is 0 Å². The maximum absolute atomic E-state index is 11.6. The third-order valence-corrected chi connectivity index (χ3v) is 3.42. The predicted octanol–water partition coefficient (Wildman–Crippen LogP) is 0.962. The highest BCUT2D eigenvalue weighted by atomic mass is 16.3. The molecule has 0 fully saturated rings. The molecule has 0 radical (unpaired) electrons. The van der Waals surface area contributed by atoms with E-state index in [9.17, 15) is 9.59 Å². The number of carbonyl (C=O) groups is 2. The predicted molar refractivity (Wildman–Crippen MR) is 101 cm³/mol. The van der Waals surface area contributed by atoms with Crippen LogP contribution in [0.25, 0.3) is 0 Å². The van der Waals surface area contributed by atoms with Crippen molar-refractivity contribution in [1.29, 1.82) is 0 Å². The average molecular weight is 352 g/mol. The Morgan fingerprint density at radius 3 is 2.20 bits per heavy atom. The van der Waals surface area contributed by atoms with Crippen LogP contribution in [0.5, 0.6) is 0 Å². The van der Waals surface area contributed by atoms with Gasteiger partial charge in [0, 0.05) is 5.69 Å². The van der Waals surface area contributed by atoms with Gasteiger partial charge < -0.3 is 27.2 Å². The normalized spacial score (nSPS) is 11.3. The summed E-state index contributed by atoms with van der Waals surface area (Å²) in [5.74, 6) is -0.652. The quantitative estimate of drug-likeness (QED) is 0.476. The van der Waals surface area contributed by atoms with Crippen LogP contribution in [0.3, 0.4) is 0 Å². The van der Waals surface area contributed by atoms with Gasteiger partial charge in [-0.25, -0.2) is 0 Å². The van der Waals surface area contributed by atoms with Crippen molar-refractivity contribution in [3.63, 3.8) is 0 Å². The van der Waals surface area contributed by atoms with Gasteiger partial charge in [0.05, 0.1) is 19.2 Å². The van der Waals surface area contributed by atoms with E-state index in [4.69, 9.17) is 16.6 Å². The lowest BCUT2D eigenvalue weighted by molar-refractivity contribution is -0.125. The van der Waals surface area contributed by atoms with E-state index in [1.807, 2.05) is 13.8 Å². The zero-order chi connectivity index (χ0) is 19.2. The minimum absolute atomic E-state index is 0.0177. The number of carbonyl (C=O) groups excluding carboxylic acids is 2. The molecule has 7 heteroatoms. The minimum Gasteiger partial charge on any atom is -0.392 e. The molecule has 0 saturated heterocycles. The van der Waals surface area contributed by atoms with Gasteiger partial charge in [-0.1, -0.05) is 39.3 Å². The van der Waals surface area contributed by atoms with E-state index in [0.29, 0.717) is 5.69 Å². The Bertz CT molecular complexity index is 502. The summed E-state index contributed by atoms with van der Waals surface area (Å²) < 4.78 is 0. The van der Waals surface area contributed by atoms with Crippen LogP contribution in [0.2, 0.25) is 0 Å². The molecule has 2 amide bonds. The van der Waals surface area contributed by atoms with Crippen LogP contribution in [-0.4, -0.2) is 36.1 Å². The lowest BCUT2D eigenvalue weighted by Gasteiger charge is -2.15. The number of aliphatic hydroxyl groups excluding tert-OH is 1. The summed E-state index contributed by atoms with van der Waals surface area (Å²) in [7, 11) is 0. The Morgan fingerprint density at radius 1 is 1.20 bits per heavy atom. The Balaban J connectivity index is 0.00000101. The number of unbranched alkanes of at least 4 members (excludes halogenated alkanes) is 1. The lowest BCUT2D eigenvalue weighted by atomic mass is 10.1. The molecule has 0 aliphatic rings. The molecule has 1 unspecified atom stereocenters. The van der Waals surface area contributed by atoms with E-state index in [0.717, 1.165) is 12.1 Å². The van der Waals surface area contributed by atoms with Crippen molar-refractivity contribution in [2.45, 2.75) is 46.3 Å². The van der Waals surface area contributed by atoms with Crippen molar-refractivity contribution in [3.8, 4) is 0 Å². The van der Waals surface area contributed by atoms with Gasteiger partial charge in [0.1, 0.15) is 0 Å². The number of aliphatic hydroxyl groups is 1. The van der Waals surface area contributed by atoms with Crippen LogP contribution in [0.1, 0.15) is 39.2 Å². The molecular weight excluding hydrogens is 320 g/mol. The Kier molecular flexibility index (Phi) is 12.3. The van der Waals surface area contributed by atoms with E-state index in [2.05, 4.69) is 17.6 Å². The van der Waals surface area contributed by atoms with E-state index in [-0.39, 0.29) is 30.9 Å². The monoisotopic (exact) mass is 352 g/mol. The smallest absolute Gasteiger partial charge is 0.243 e. The van der Waals surface area contributed by atoms with Gasteiger partial charge in [0.15, 0.2) is 0 Å². The second-order valence-electron chi connectivity index (χ2n) is 6.03. The Morgan fingerprint density at radius 2 is 1.80 bits per heavy atom. The molecule has 7 N–H and O–H groups in total. The van der Waals surface area contributed by atoms with Crippen molar-refractivity contribution in [2.75, 3.05) is 18.4 Å². The topological polar surface area (TPSA) is 130 Å². The van der Waals surface area contributed by atoms with Crippen LogP contribution in [0.4, 0.5) is 5.69 Å². The largest absolute Gasteiger partial charge is 0.392 e. The fraction of sp³-hybridized carbons (Fsp3) is 0.556. The van der Waals surface area contributed by atoms with E-state index >= 15 is 0 Å². The van der Waals surface area contributed by atoms with Crippen molar-refractivity contribution in [3.05, 3.63) is 29.8 Å². The first-order valence-corrected chi connectivity index (χ1v) is 8.58. The first kappa shape index (κ1) is 23.0. The number of hydrogen-bond acceptors (Lipinski definition) is 5. The summed E-state index contributed by atoms with van der Waals surface area (Å²) in [5.41, 5.74) is 12.2. The molecule has 1 aromatic carbocycles. The van der Waals surface area contributed by atoms with Gasteiger partial charge in [-0.2, -0.15) is 0 Å². The molecule has 0 bridgehead atoms. The van der Waals surface area contributed by atoms with Gasteiger partial charge in [-0.05, 0) is 36.6 Å². The van der Waals surface area contributed by atoms with Gasteiger partial charge >= 0.3 is 0 Å². The van der Waals surface area contributed by atoms with Gasteiger partial charge in [-0.3, -0.25) is 9.59 Å². The summed E-state index contributed by atoms with van der Waals surface area (Å²) in [5, 5.41) is 14.0. The van der Waals surface area contributed by atoms with Crippen molar-refractivity contribution < 1.29 is 14.7 Å². The molecule has 142 valence electrons. The molecule has 7 nitrogen and oxygen atoms in total. The molecule has 0 aromatic heterocycles. The molecule has 1 atom stereocenters. The summed E-state index contributed by atoms with van der Waals surface area (Å²) in [6, 6.07) is 6.17. The minimum atomic E-state index is -0.619. The first-order valence-electron chi connectivity index (χ1n) is 8.58. The van der Waals surface area contributed by atoms with Crippen LogP contribution >= 0.6 is 0 Å². The second kappa shape index (κ2) is 13.3. The molecule has 0 aliphatic heterocycles. The Labute approximate surface area is 150 Å². The average Bonchev–Trinajstić information content (AvgIpc) is 2.60. The number of nitrogens with two attached hydrogens (primary N) is 2. The lowest BCUT2D eigenvalue weighted by Crippen LogP contribution is -2.46. The van der Waals surface area contributed by atoms with Crippen molar-refractivity contribution in [1.82, 2.24) is 5.32 Å². The number of benzene rings is 1. The fourth-order valence-corrected chi connectivity index (χ4v) is 1.69. The maximum atomic E-state index is 11.6. The fourth-order valence-electron chi connectivity index (χ4n) is 1.69. The summed E-state index contributed by atoms with van der Waals surface area (Å²) in [6.07, 6.45) is 2.39. The second-order valence-corrected chi connectivity index (χ2v) is 6.03. The maximum Gasteiger partial charge on any atom is 0.243 e. The number of amides is 2. The third-order valence-electron chi connectivity index (χ3n) is 3.42. The molecule has 0 spiro atoms. The van der Waals surface area contributed by atoms with E-state index in [1.54, 1.807) is 24.3 Å². The first-order chi connectivity index (χ1) is 11.8. The zero-order valence-corrected chi connectivity index (χ0v) is 15.4. The van der Waals surface area contributed by atoms with Crippen molar-refractivity contribution in [2.24, 2.45) is 17.4 Å². The molecule has 1 aromatic rings. The van der Waals surface area contributed by atoms with Crippen molar-refractivity contribution >= 4 is 17.5 Å². The van der Waals surface area contributed by atoms with Crippen LogP contribution in [0.15, 0.2) is 24.3 Å². The number of anilines is 1. The molecule has 1 rings (SSSR count). The zero-order valence-electron chi connectivity index (χ0n) is 15.4. The highest BCUT2D eigenvalue weighted by molar-refractivity contribution is 5.95. The summed E-state index contributed by atoms with van der Waals surface area (Å²) in [4.78, 5) is 23.2. The molecule has 25 heavy (non-hydrogen) atoms. The number of nitrogens with one attached hydrogen (secondary N) is 2. The highest BCUT2D eigenvalue weighted by Crippen LogP contribution is 2.09. The third kappa shape index (κ3) is 10.5. The molecule has 0 saturated carbocycles. The van der Waals surface area contributed by atoms with Crippen LogP contribution in [-0.2, 0) is 16.2 Å².